The standard InChI is InChI=1S/C20H34N4O9/c1-4-32-19(30)13(21)7-6-8-14(18(28)29)23-16(26)10-9-15(20(31)33-5-2)24-17(27)12(3)22-11-25/h11-15H,4-10,21H2,1-3H3,(H,22,25)(H,23,26)(H,24,27)(H,28,29). The molecule has 0 aliphatic heterocycles. The van der Waals surface area contributed by atoms with Crippen LogP contribution in [0.5, 0.6) is 0 Å². The van der Waals surface area contributed by atoms with Gasteiger partial charge in [-0.25, -0.2) is 9.59 Å². The van der Waals surface area contributed by atoms with Crippen molar-refractivity contribution in [2.45, 2.75) is 77.0 Å². The van der Waals surface area contributed by atoms with E-state index in [-0.39, 0.29) is 45.3 Å². The Labute approximate surface area is 192 Å². The van der Waals surface area contributed by atoms with Gasteiger partial charge in [-0.3, -0.25) is 19.2 Å². The van der Waals surface area contributed by atoms with E-state index in [9.17, 15) is 33.9 Å². The minimum atomic E-state index is -1.27. The maximum atomic E-state index is 12.3. The summed E-state index contributed by atoms with van der Waals surface area (Å²) in [6.45, 7) is 4.85. The monoisotopic (exact) mass is 474 g/mol. The van der Waals surface area contributed by atoms with Crippen LogP contribution in [0.4, 0.5) is 0 Å². The van der Waals surface area contributed by atoms with E-state index >= 15 is 0 Å². The van der Waals surface area contributed by atoms with Gasteiger partial charge in [-0.05, 0) is 46.5 Å². The summed E-state index contributed by atoms with van der Waals surface area (Å²) < 4.78 is 9.67. The molecule has 0 aromatic carbocycles. The maximum absolute atomic E-state index is 12.3. The number of nitrogens with two attached hydrogens (primary N) is 1. The number of aliphatic carboxylic acids is 1. The smallest absolute Gasteiger partial charge is 0.328 e. The van der Waals surface area contributed by atoms with Crippen molar-refractivity contribution in [3.05, 3.63) is 0 Å². The lowest BCUT2D eigenvalue weighted by Gasteiger charge is -2.20. The summed E-state index contributed by atoms with van der Waals surface area (Å²) in [5.41, 5.74) is 5.67. The first-order valence-corrected chi connectivity index (χ1v) is 10.7. The molecule has 0 aromatic rings. The van der Waals surface area contributed by atoms with Gasteiger partial charge in [-0.2, -0.15) is 0 Å². The highest BCUT2D eigenvalue weighted by Crippen LogP contribution is 2.07. The van der Waals surface area contributed by atoms with Crippen molar-refractivity contribution >= 4 is 36.1 Å². The Bertz CT molecular complexity index is 686. The molecule has 0 aromatic heterocycles. The summed E-state index contributed by atoms with van der Waals surface area (Å²) in [6.07, 6.45) is 0.377. The molecule has 0 saturated carbocycles. The first-order chi connectivity index (χ1) is 15.6. The molecule has 13 nitrogen and oxygen atoms in total. The number of carboxylic acids is 1. The van der Waals surface area contributed by atoms with Crippen LogP contribution in [0, 0.1) is 0 Å². The molecule has 0 fully saturated rings. The number of carbonyl (C=O) groups is 6. The lowest BCUT2D eigenvalue weighted by atomic mass is 10.1. The van der Waals surface area contributed by atoms with Crippen LogP contribution in [0.25, 0.3) is 0 Å². The lowest BCUT2D eigenvalue weighted by molar-refractivity contribution is -0.148. The molecule has 4 atom stereocenters. The number of carboxylic acid groups (broad SMARTS) is 1. The summed E-state index contributed by atoms with van der Waals surface area (Å²) in [5, 5.41) is 16.3. The van der Waals surface area contributed by atoms with Crippen LogP contribution >= 0.6 is 0 Å². The van der Waals surface area contributed by atoms with Crippen LogP contribution in [0.3, 0.4) is 0 Å². The highest BCUT2D eigenvalue weighted by atomic mass is 16.5. The maximum Gasteiger partial charge on any atom is 0.328 e. The van der Waals surface area contributed by atoms with E-state index in [0.29, 0.717) is 6.41 Å². The van der Waals surface area contributed by atoms with Crippen molar-refractivity contribution in [1.29, 1.82) is 0 Å². The normalized spacial score (nSPS) is 14.1. The quantitative estimate of drug-likeness (QED) is 0.123. The molecule has 3 amide bonds. The summed E-state index contributed by atoms with van der Waals surface area (Å²) in [6, 6.07) is -4.19. The highest BCUT2D eigenvalue weighted by molar-refractivity contribution is 5.89. The van der Waals surface area contributed by atoms with Gasteiger partial charge in [0.2, 0.25) is 18.2 Å². The molecule has 0 spiro atoms. The number of hydrogen-bond donors (Lipinski definition) is 5. The van der Waals surface area contributed by atoms with Gasteiger partial charge < -0.3 is 36.3 Å². The SMILES string of the molecule is CCOC(=O)C(N)CCCC(NC(=O)CCC(NC(=O)C(C)NC=O)C(=O)OCC)C(=O)O. The van der Waals surface area contributed by atoms with Gasteiger partial charge in [0.05, 0.1) is 13.2 Å². The Morgan fingerprint density at radius 2 is 1.55 bits per heavy atom. The van der Waals surface area contributed by atoms with Crippen LogP contribution in [-0.4, -0.2) is 78.6 Å². The highest BCUT2D eigenvalue weighted by Gasteiger charge is 2.27. The molecule has 4 unspecified atom stereocenters. The Morgan fingerprint density at radius 3 is 2.09 bits per heavy atom. The van der Waals surface area contributed by atoms with Gasteiger partial charge >= 0.3 is 17.9 Å². The predicted molar refractivity (Wildman–Crippen MR) is 114 cm³/mol. The predicted octanol–water partition coefficient (Wildman–Crippen LogP) is -1.42. The Kier molecular flexibility index (Phi) is 14.8. The topological polar surface area (TPSA) is 203 Å². The lowest BCUT2D eigenvalue weighted by Crippen LogP contribution is -2.49. The molecule has 0 rings (SSSR count). The molecule has 0 heterocycles. The van der Waals surface area contributed by atoms with E-state index in [2.05, 4.69) is 16.0 Å². The minimum absolute atomic E-state index is 0.0289. The van der Waals surface area contributed by atoms with E-state index in [1.807, 2.05) is 0 Å². The van der Waals surface area contributed by atoms with Gasteiger partial charge in [0.1, 0.15) is 24.2 Å². The van der Waals surface area contributed by atoms with Crippen molar-refractivity contribution in [2.75, 3.05) is 13.2 Å². The zero-order valence-electron chi connectivity index (χ0n) is 19.1. The second kappa shape index (κ2) is 16.4. The van der Waals surface area contributed by atoms with Crippen LogP contribution < -0.4 is 21.7 Å². The van der Waals surface area contributed by atoms with E-state index in [4.69, 9.17) is 15.2 Å². The van der Waals surface area contributed by atoms with Crippen LogP contribution in [0.1, 0.15) is 52.9 Å². The number of nitrogens with one attached hydrogen (secondary N) is 3. The Hall–Kier alpha value is -3.22. The number of amides is 3. The van der Waals surface area contributed by atoms with Crippen molar-refractivity contribution < 1.29 is 43.3 Å². The number of ether oxygens (including phenoxy) is 2. The van der Waals surface area contributed by atoms with E-state index in [1.54, 1.807) is 13.8 Å². The summed E-state index contributed by atoms with van der Waals surface area (Å²) in [7, 11) is 0. The van der Waals surface area contributed by atoms with Crippen LogP contribution in [0.15, 0.2) is 0 Å². The Morgan fingerprint density at radius 1 is 0.939 bits per heavy atom. The molecular weight excluding hydrogens is 440 g/mol. The summed E-state index contributed by atoms with van der Waals surface area (Å²) >= 11 is 0. The van der Waals surface area contributed by atoms with Gasteiger partial charge in [-0.1, -0.05) is 0 Å². The second-order valence-corrected chi connectivity index (χ2v) is 7.11. The van der Waals surface area contributed by atoms with E-state index in [1.165, 1.54) is 6.92 Å². The fraction of sp³-hybridized carbons (Fsp3) is 0.700. The van der Waals surface area contributed by atoms with Crippen LogP contribution in [-0.2, 0) is 38.2 Å². The number of carbonyl (C=O) groups excluding carboxylic acids is 5. The molecule has 6 N–H and O–H groups in total. The largest absolute Gasteiger partial charge is 0.480 e. The Balaban J connectivity index is 4.81. The second-order valence-electron chi connectivity index (χ2n) is 7.11. The van der Waals surface area contributed by atoms with Crippen molar-refractivity contribution in [3.63, 3.8) is 0 Å². The molecule has 0 saturated heterocycles. The molecule has 33 heavy (non-hydrogen) atoms. The van der Waals surface area contributed by atoms with Gasteiger partial charge in [0, 0.05) is 6.42 Å². The third-order valence-corrected chi connectivity index (χ3v) is 4.49. The van der Waals surface area contributed by atoms with Gasteiger partial charge in [0.25, 0.3) is 0 Å². The first-order valence-electron chi connectivity index (χ1n) is 10.7. The van der Waals surface area contributed by atoms with E-state index < -0.39 is 53.9 Å². The first kappa shape index (κ1) is 29.8. The number of esters is 2. The molecule has 188 valence electrons. The zero-order chi connectivity index (χ0) is 25.4. The average Bonchev–Trinajstić information content (AvgIpc) is 2.75. The fourth-order valence-corrected chi connectivity index (χ4v) is 2.67. The molecule has 13 heteroatoms. The van der Waals surface area contributed by atoms with E-state index in [0.717, 1.165) is 0 Å². The van der Waals surface area contributed by atoms with Gasteiger partial charge in [0.15, 0.2) is 0 Å². The zero-order valence-corrected chi connectivity index (χ0v) is 19.1. The van der Waals surface area contributed by atoms with Crippen molar-refractivity contribution in [1.82, 2.24) is 16.0 Å². The molecule has 0 bridgehead atoms. The molecule has 0 aliphatic rings. The van der Waals surface area contributed by atoms with Crippen molar-refractivity contribution in [3.8, 4) is 0 Å². The summed E-state index contributed by atoms with van der Waals surface area (Å²) in [4.78, 5) is 69.9. The average molecular weight is 475 g/mol. The fourth-order valence-electron chi connectivity index (χ4n) is 2.67. The third kappa shape index (κ3) is 12.4. The number of hydrogen-bond acceptors (Lipinski definition) is 9. The molecule has 0 aliphatic carbocycles. The molecular formula is C20H34N4O9. The minimum Gasteiger partial charge on any atom is -0.480 e. The number of rotatable bonds is 17. The van der Waals surface area contributed by atoms with Gasteiger partial charge in [-0.15, -0.1) is 0 Å². The third-order valence-electron chi connectivity index (χ3n) is 4.49. The van der Waals surface area contributed by atoms with Crippen LogP contribution in [0.2, 0.25) is 0 Å². The van der Waals surface area contributed by atoms with Crippen molar-refractivity contribution in [2.24, 2.45) is 5.73 Å². The summed E-state index contributed by atoms with van der Waals surface area (Å²) in [5.74, 6) is -3.92. The molecule has 0 radical (unpaired) electrons.